The highest BCUT2D eigenvalue weighted by atomic mass is 32.1. The molecule has 1 atom stereocenters. The Balaban J connectivity index is 2.45. The number of phenolic OH excluding ortho intramolecular Hbond substituents is 1. The summed E-state index contributed by atoms with van der Waals surface area (Å²) in [5.74, 6) is -0.540. The first-order valence-electron chi connectivity index (χ1n) is 5.65. The van der Waals surface area contributed by atoms with E-state index in [1.54, 1.807) is 0 Å². The third-order valence-corrected chi connectivity index (χ3v) is 4.18. The fourth-order valence-electron chi connectivity index (χ4n) is 1.76. The van der Waals surface area contributed by atoms with Crippen molar-refractivity contribution in [2.24, 2.45) is 0 Å². The first-order valence-corrected chi connectivity index (χ1v) is 6.47. The number of thiazole rings is 1. The van der Waals surface area contributed by atoms with Gasteiger partial charge in [-0.2, -0.15) is 0 Å². The molecule has 0 amide bonds. The molecule has 1 heterocycles. The summed E-state index contributed by atoms with van der Waals surface area (Å²) in [6.45, 7) is 3.98. The van der Waals surface area contributed by atoms with Gasteiger partial charge in [0.25, 0.3) is 0 Å². The number of rotatable bonds is 3. The molecule has 0 spiro atoms. The first kappa shape index (κ1) is 13.0. The number of nitrogens with zero attached hydrogens (tertiary/aromatic N) is 1. The van der Waals surface area contributed by atoms with Gasteiger partial charge in [0.15, 0.2) is 0 Å². The van der Waals surface area contributed by atoms with Crippen LogP contribution >= 0.6 is 11.3 Å². The van der Waals surface area contributed by atoms with Gasteiger partial charge < -0.3 is 10.4 Å². The largest absolute Gasteiger partial charge is 0.508 e. The van der Waals surface area contributed by atoms with E-state index in [9.17, 15) is 9.50 Å². The first-order chi connectivity index (χ1) is 8.51. The Hall–Kier alpha value is -1.46. The molecule has 0 saturated carbocycles. The third-order valence-electron chi connectivity index (χ3n) is 2.79. The van der Waals surface area contributed by atoms with E-state index < -0.39 is 5.82 Å². The lowest BCUT2D eigenvalue weighted by Crippen LogP contribution is -2.11. The van der Waals surface area contributed by atoms with Gasteiger partial charge in [-0.3, -0.25) is 0 Å². The van der Waals surface area contributed by atoms with Crippen LogP contribution in [0.5, 0.6) is 5.75 Å². The van der Waals surface area contributed by atoms with Gasteiger partial charge in [0.2, 0.25) is 0 Å². The van der Waals surface area contributed by atoms with Crippen molar-refractivity contribution < 1.29 is 9.50 Å². The number of phenols is 1. The molecule has 0 aliphatic heterocycles. The van der Waals surface area contributed by atoms with Crippen molar-refractivity contribution in [2.75, 3.05) is 7.05 Å². The van der Waals surface area contributed by atoms with Crippen molar-refractivity contribution in [1.82, 2.24) is 10.3 Å². The van der Waals surface area contributed by atoms with Crippen molar-refractivity contribution in [3.8, 4) is 16.3 Å². The van der Waals surface area contributed by atoms with Gasteiger partial charge in [-0.25, -0.2) is 9.37 Å². The van der Waals surface area contributed by atoms with Gasteiger partial charge in [-0.1, -0.05) is 0 Å². The Morgan fingerprint density at radius 1 is 1.39 bits per heavy atom. The molecule has 1 unspecified atom stereocenters. The quantitative estimate of drug-likeness (QED) is 0.896. The van der Waals surface area contributed by atoms with Crippen LogP contribution in [0.3, 0.4) is 0 Å². The summed E-state index contributed by atoms with van der Waals surface area (Å²) >= 11 is 1.51. The lowest BCUT2D eigenvalue weighted by Gasteiger charge is -2.06. The number of hydrogen-bond acceptors (Lipinski definition) is 4. The van der Waals surface area contributed by atoms with Crippen LogP contribution in [0.15, 0.2) is 18.2 Å². The van der Waals surface area contributed by atoms with Crippen molar-refractivity contribution in [1.29, 1.82) is 0 Å². The Bertz CT molecular complexity index is 548. The summed E-state index contributed by atoms with van der Waals surface area (Å²) in [5.41, 5.74) is 1.54. The van der Waals surface area contributed by atoms with Crippen molar-refractivity contribution in [3.63, 3.8) is 0 Å². The number of aromatic nitrogens is 1. The molecule has 0 aliphatic rings. The van der Waals surface area contributed by atoms with Gasteiger partial charge in [0, 0.05) is 22.5 Å². The number of benzene rings is 1. The lowest BCUT2D eigenvalue weighted by atomic mass is 10.2. The van der Waals surface area contributed by atoms with E-state index in [2.05, 4.69) is 10.3 Å². The maximum absolute atomic E-state index is 13.3. The Morgan fingerprint density at radius 2 is 2.11 bits per heavy atom. The van der Waals surface area contributed by atoms with Crippen molar-refractivity contribution >= 4 is 11.3 Å². The summed E-state index contributed by atoms with van der Waals surface area (Å²) in [4.78, 5) is 5.55. The van der Waals surface area contributed by atoms with E-state index in [4.69, 9.17) is 0 Å². The van der Waals surface area contributed by atoms with E-state index in [0.717, 1.165) is 21.6 Å². The topological polar surface area (TPSA) is 45.1 Å². The molecule has 2 N–H and O–H groups in total. The van der Waals surface area contributed by atoms with Crippen LogP contribution in [0.1, 0.15) is 23.5 Å². The van der Waals surface area contributed by atoms with E-state index in [0.29, 0.717) is 5.56 Å². The maximum Gasteiger partial charge on any atom is 0.127 e. The number of halogens is 1. The molecule has 1 aromatic heterocycles. The Labute approximate surface area is 109 Å². The van der Waals surface area contributed by atoms with Gasteiger partial charge in [-0.05, 0) is 33.0 Å². The molecule has 3 nitrogen and oxygen atoms in total. The third kappa shape index (κ3) is 2.52. The predicted molar refractivity (Wildman–Crippen MR) is 71.4 cm³/mol. The molecule has 0 fully saturated rings. The lowest BCUT2D eigenvalue weighted by molar-refractivity contribution is 0.469. The van der Waals surface area contributed by atoms with E-state index in [1.165, 1.54) is 23.5 Å². The molecule has 2 aromatic rings. The number of aromatic hydroxyl groups is 1. The zero-order valence-corrected chi connectivity index (χ0v) is 11.3. The summed E-state index contributed by atoms with van der Waals surface area (Å²) in [7, 11) is 1.89. The van der Waals surface area contributed by atoms with Crippen LogP contribution in [0, 0.1) is 12.7 Å². The summed E-state index contributed by atoms with van der Waals surface area (Å²) < 4.78 is 13.3. The van der Waals surface area contributed by atoms with Crippen LogP contribution in [0.4, 0.5) is 4.39 Å². The number of hydrogen-bond donors (Lipinski definition) is 2. The maximum atomic E-state index is 13.3. The molecule has 96 valence electrons. The second-order valence-electron chi connectivity index (χ2n) is 4.18. The SMILES string of the molecule is CNC(C)c1sc(-c2cc(O)cc(F)c2)nc1C. The van der Waals surface area contributed by atoms with Gasteiger partial charge in [0.1, 0.15) is 16.6 Å². The molecule has 0 saturated heterocycles. The monoisotopic (exact) mass is 266 g/mol. The second kappa shape index (κ2) is 5.04. The standard InChI is InChI=1S/C13H15FN2OS/c1-7(15-3)12-8(2)16-13(18-12)9-4-10(14)6-11(17)5-9/h4-7,15,17H,1-3H3. The average molecular weight is 266 g/mol. The van der Waals surface area contributed by atoms with Gasteiger partial charge in [-0.15, -0.1) is 11.3 Å². The van der Waals surface area contributed by atoms with Crippen LogP contribution < -0.4 is 5.32 Å². The van der Waals surface area contributed by atoms with E-state index in [-0.39, 0.29) is 11.8 Å². The molecule has 0 radical (unpaired) electrons. The van der Waals surface area contributed by atoms with Crippen molar-refractivity contribution in [2.45, 2.75) is 19.9 Å². The highest BCUT2D eigenvalue weighted by Crippen LogP contribution is 2.33. The number of aryl methyl sites for hydroxylation is 1. The average Bonchev–Trinajstić information content (AvgIpc) is 2.69. The molecule has 2 rings (SSSR count). The highest BCUT2D eigenvalue weighted by molar-refractivity contribution is 7.15. The minimum absolute atomic E-state index is 0.0823. The minimum Gasteiger partial charge on any atom is -0.508 e. The molecule has 5 heteroatoms. The van der Waals surface area contributed by atoms with Crippen LogP contribution in [0.25, 0.3) is 10.6 Å². The Kier molecular flexibility index (Phi) is 3.63. The Morgan fingerprint density at radius 3 is 2.72 bits per heavy atom. The zero-order valence-electron chi connectivity index (χ0n) is 10.5. The number of nitrogens with one attached hydrogen (secondary N) is 1. The summed E-state index contributed by atoms with van der Waals surface area (Å²) in [6.07, 6.45) is 0. The summed E-state index contributed by atoms with van der Waals surface area (Å²) in [6, 6.07) is 4.20. The molecule has 0 bridgehead atoms. The fourth-order valence-corrected chi connectivity index (χ4v) is 2.88. The highest BCUT2D eigenvalue weighted by Gasteiger charge is 2.14. The molecule has 1 aromatic carbocycles. The van der Waals surface area contributed by atoms with E-state index in [1.807, 2.05) is 20.9 Å². The molecule has 0 aliphatic carbocycles. The summed E-state index contributed by atoms with van der Waals surface area (Å²) in [5, 5.41) is 13.3. The van der Waals surface area contributed by atoms with Gasteiger partial charge >= 0.3 is 0 Å². The van der Waals surface area contributed by atoms with Crippen LogP contribution in [-0.4, -0.2) is 17.1 Å². The van der Waals surface area contributed by atoms with Gasteiger partial charge in [0.05, 0.1) is 5.69 Å². The molecular weight excluding hydrogens is 251 g/mol. The van der Waals surface area contributed by atoms with Crippen LogP contribution in [-0.2, 0) is 0 Å². The molecule has 18 heavy (non-hydrogen) atoms. The second-order valence-corrected chi connectivity index (χ2v) is 5.21. The normalized spacial score (nSPS) is 12.7. The van der Waals surface area contributed by atoms with Crippen molar-refractivity contribution in [3.05, 3.63) is 34.6 Å². The van der Waals surface area contributed by atoms with E-state index >= 15 is 0 Å². The molecular formula is C13H15FN2OS. The minimum atomic E-state index is -0.457. The fraction of sp³-hybridized carbons (Fsp3) is 0.308. The van der Waals surface area contributed by atoms with Crippen LogP contribution in [0.2, 0.25) is 0 Å². The zero-order chi connectivity index (χ0) is 13.3. The smallest absolute Gasteiger partial charge is 0.127 e. The predicted octanol–water partition coefficient (Wildman–Crippen LogP) is 3.24.